The van der Waals surface area contributed by atoms with Crippen LogP contribution in [0.5, 0.6) is 0 Å². The molecule has 3 N–H and O–H groups in total. The van der Waals surface area contributed by atoms with Crippen LogP contribution >= 0.6 is 0 Å². The van der Waals surface area contributed by atoms with Crippen molar-refractivity contribution in [1.82, 2.24) is 10.6 Å². The van der Waals surface area contributed by atoms with E-state index in [1.54, 1.807) is 24.3 Å². The summed E-state index contributed by atoms with van der Waals surface area (Å²) in [5, 5.41) is 7.93. The number of nitrogens with one attached hydrogen (secondary N) is 3. The summed E-state index contributed by atoms with van der Waals surface area (Å²) < 4.78 is 5.40. The molecule has 0 unspecified atom stereocenters. The number of carbonyl (C=O) groups excluding carboxylic acids is 3. The molecule has 1 aliphatic heterocycles. The highest BCUT2D eigenvalue weighted by atomic mass is 16.5. The van der Waals surface area contributed by atoms with Crippen molar-refractivity contribution in [2.75, 3.05) is 18.5 Å². The fourth-order valence-corrected chi connectivity index (χ4v) is 2.55. The maximum Gasteiger partial charge on any atom is 0.313 e. The predicted molar refractivity (Wildman–Crippen MR) is 87.5 cm³/mol. The van der Waals surface area contributed by atoms with Crippen LogP contribution in [0.15, 0.2) is 24.3 Å². The first-order valence-corrected chi connectivity index (χ1v) is 8.24. The molecule has 3 rings (SSSR count). The minimum atomic E-state index is -0.792. The fourth-order valence-electron chi connectivity index (χ4n) is 2.55. The van der Waals surface area contributed by atoms with E-state index in [1.165, 1.54) is 0 Å². The molecule has 2 aliphatic rings. The first kappa shape index (κ1) is 16.4. The summed E-state index contributed by atoms with van der Waals surface area (Å²) in [6.07, 6.45) is 3.78. The van der Waals surface area contributed by atoms with E-state index in [2.05, 4.69) is 16.0 Å². The molecule has 1 saturated heterocycles. The van der Waals surface area contributed by atoms with Gasteiger partial charge in [0.25, 0.3) is 5.91 Å². The van der Waals surface area contributed by atoms with Crippen molar-refractivity contribution in [2.24, 2.45) is 0 Å². The molecule has 7 nitrogen and oxygen atoms in total. The van der Waals surface area contributed by atoms with Crippen molar-refractivity contribution in [3.8, 4) is 0 Å². The van der Waals surface area contributed by atoms with Gasteiger partial charge in [-0.05, 0) is 37.8 Å². The van der Waals surface area contributed by atoms with Gasteiger partial charge in [0.1, 0.15) is 0 Å². The number of para-hydroxylation sites is 1. The number of ether oxygens (including phenoxy) is 1. The van der Waals surface area contributed by atoms with Gasteiger partial charge < -0.3 is 20.7 Å². The Labute approximate surface area is 140 Å². The average molecular weight is 331 g/mol. The Balaban J connectivity index is 1.56. The minimum absolute atomic E-state index is 0.0293. The highest BCUT2D eigenvalue weighted by molar-refractivity contribution is 6.40. The lowest BCUT2D eigenvalue weighted by Gasteiger charge is -2.12. The van der Waals surface area contributed by atoms with Crippen LogP contribution in [0.2, 0.25) is 0 Å². The molecule has 7 heteroatoms. The quantitative estimate of drug-likeness (QED) is 0.696. The Morgan fingerprint density at radius 3 is 2.58 bits per heavy atom. The Morgan fingerprint density at radius 2 is 1.88 bits per heavy atom. The van der Waals surface area contributed by atoms with Crippen molar-refractivity contribution in [3.05, 3.63) is 29.8 Å². The van der Waals surface area contributed by atoms with Gasteiger partial charge in [0, 0.05) is 19.2 Å². The second kappa shape index (κ2) is 7.44. The van der Waals surface area contributed by atoms with Gasteiger partial charge >= 0.3 is 11.8 Å². The molecule has 0 radical (unpaired) electrons. The monoisotopic (exact) mass is 331 g/mol. The number of hydrogen-bond donors (Lipinski definition) is 3. The zero-order valence-corrected chi connectivity index (χ0v) is 13.3. The molecule has 1 atom stereocenters. The average Bonchev–Trinajstić information content (AvgIpc) is 3.24. The Hall–Kier alpha value is -2.41. The van der Waals surface area contributed by atoms with E-state index in [9.17, 15) is 14.4 Å². The SMILES string of the molecule is O=C(NC[C@@H]1CCCO1)C(=O)Nc1ccccc1C(=O)NC1CC1. The van der Waals surface area contributed by atoms with Gasteiger partial charge in [0.2, 0.25) is 0 Å². The molecule has 0 bridgehead atoms. The Morgan fingerprint density at radius 1 is 1.08 bits per heavy atom. The normalized spacial score (nSPS) is 19.6. The Bertz CT molecular complexity index is 636. The fraction of sp³-hybridized carbons (Fsp3) is 0.471. The zero-order chi connectivity index (χ0) is 16.9. The van der Waals surface area contributed by atoms with Gasteiger partial charge in [-0.25, -0.2) is 0 Å². The van der Waals surface area contributed by atoms with E-state index < -0.39 is 11.8 Å². The smallest absolute Gasteiger partial charge is 0.313 e. The van der Waals surface area contributed by atoms with Gasteiger partial charge in [0.05, 0.1) is 17.4 Å². The van der Waals surface area contributed by atoms with E-state index in [4.69, 9.17) is 4.74 Å². The third-order valence-corrected chi connectivity index (χ3v) is 4.05. The molecule has 1 aromatic carbocycles. The highest BCUT2D eigenvalue weighted by Crippen LogP contribution is 2.21. The summed E-state index contributed by atoms with van der Waals surface area (Å²) in [4.78, 5) is 36.1. The van der Waals surface area contributed by atoms with Crippen molar-refractivity contribution in [3.63, 3.8) is 0 Å². The Kier molecular flexibility index (Phi) is 5.10. The van der Waals surface area contributed by atoms with Crippen molar-refractivity contribution < 1.29 is 19.1 Å². The lowest BCUT2D eigenvalue weighted by molar-refractivity contribution is -0.136. The molecule has 128 valence electrons. The second-order valence-electron chi connectivity index (χ2n) is 6.09. The molecular formula is C17H21N3O4. The van der Waals surface area contributed by atoms with Crippen LogP contribution < -0.4 is 16.0 Å². The molecule has 0 spiro atoms. The van der Waals surface area contributed by atoms with Crippen LogP contribution in [0, 0.1) is 0 Å². The summed E-state index contributed by atoms with van der Waals surface area (Å²) in [7, 11) is 0. The number of hydrogen-bond acceptors (Lipinski definition) is 4. The number of anilines is 1. The van der Waals surface area contributed by atoms with E-state index in [0.29, 0.717) is 24.4 Å². The van der Waals surface area contributed by atoms with Crippen LogP contribution in [-0.2, 0) is 14.3 Å². The lowest BCUT2D eigenvalue weighted by Crippen LogP contribution is -2.39. The van der Waals surface area contributed by atoms with E-state index in [1.807, 2.05) is 0 Å². The van der Waals surface area contributed by atoms with Crippen molar-refractivity contribution in [2.45, 2.75) is 37.8 Å². The lowest BCUT2D eigenvalue weighted by atomic mass is 10.1. The first-order chi connectivity index (χ1) is 11.6. The van der Waals surface area contributed by atoms with Crippen LogP contribution in [0.3, 0.4) is 0 Å². The summed E-state index contributed by atoms with van der Waals surface area (Å²) in [6, 6.07) is 6.86. The molecule has 2 fully saturated rings. The summed E-state index contributed by atoms with van der Waals surface area (Å²) >= 11 is 0. The molecular weight excluding hydrogens is 310 g/mol. The maximum absolute atomic E-state index is 12.2. The van der Waals surface area contributed by atoms with Crippen molar-refractivity contribution in [1.29, 1.82) is 0 Å². The summed E-state index contributed by atoms with van der Waals surface area (Å²) in [5.41, 5.74) is 0.678. The topological polar surface area (TPSA) is 96.5 Å². The van der Waals surface area contributed by atoms with Gasteiger partial charge in [-0.3, -0.25) is 14.4 Å². The predicted octanol–water partition coefficient (Wildman–Crippen LogP) is 0.812. The second-order valence-corrected chi connectivity index (χ2v) is 6.09. The molecule has 1 aromatic rings. The van der Waals surface area contributed by atoms with E-state index >= 15 is 0 Å². The first-order valence-electron chi connectivity index (χ1n) is 8.24. The van der Waals surface area contributed by atoms with E-state index in [0.717, 1.165) is 25.7 Å². The molecule has 1 heterocycles. The highest BCUT2D eigenvalue weighted by Gasteiger charge is 2.25. The summed E-state index contributed by atoms with van der Waals surface area (Å²) in [5.74, 6) is -1.77. The molecule has 0 aromatic heterocycles. The molecule has 1 saturated carbocycles. The van der Waals surface area contributed by atoms with E-state index in [-0.39, 0.29) is 18.1 Å². The standard InChI is InChI=1S/C17H21N3O4/c21-15(19-11-7-8-11)13-5-1-2-6-14(13)20-17(23)16(22)18-10-12-4-3-9-24-12/h1-2,5-6,11-12H,3-4,7-10H2,(H,18,22)(H,19,21)(H,20,23)/t12-/m0/s1. The van der Waals surface area contributed by atoms with Gasteiger partial charge in [-0.2, -0.15) is 0 Å². The van der Waals surface area contributed by atoms with Crippen molar-refractivity contribution >= 4 is 23.4 Å². The maximum atomic E-state index is 12.2. The molecule has 1 aliphatic carbocycles. The van der Waals surface area contributed by atoms with Crippen LogP contribution in [0.4, 0.5) is 5.69 Å². The van der Waals surface area contributed by atoms with Gasteiger partial charge in [-0.1, -0.05) is 12.1 Å². The third kappa shape index (κ3) is 4.32. The van der Waals surface area contributed by atoms with Gasteiger partial charge in [-0.15, -0.1) is 0 Å². The van der Waals surface area contributed by atoms with Crippen LogP contribution in [0.1, 0.15) is 36.0 Å². The number of amides is 3. The minimum Gasteiger partial charge on any atom is -0.376 e. The summed E-state index contributed by atoms with van der Waals surface area (Å²) in [6.45, 7) is 1.01. The third-order valence-electron chi connectivity index (χ3n) is 4.05. The van der Waals surface area contributed by atoms with Crippen LogP contribution in [0.25, 0.3) is 0 Å². The number of benzene rings is 1. The molecule has 24 heavy (non-hydrogen) atoms. The largest absolute Gasteiger partial charge is 0.376 e. The molecule has 3 amide bonds. The zero-order valence-electron chi connectivity index (χ0n) is 13.3. The van der Waals surface area contributed by atoms with Gasteiger partial charge in [0.15, 0.2) is 0 Å². The van der Waals surface area contributed by atoms with Crippen LogP contribution in [-0.4, -0.2) is 43.0 Å². The number of rotatable bonds is 5. The number of carbonyl (C=O) groups is 3.